The molecule has 0 aromatic heterocycles. The lowest BCUT2D eigenvalue weighted by Gasteiger charge is -2.11. The first-order chi connectivity index (χ1) is 13.1. The minimum atomic E-state index is -0.515. The highest BCUT2D eigenvalue weighted by Gasteiger charge is 2.13. The zero-order valence-corrected chi connectivity index (χ0v) is 15.6. The van der Waals surface area contributed by atoms with Crippen molar-refractivity contribution in [3.05, 3.63) is 53.6 Å². The lowest BCUT2D eigenvalue weighted by Crippen LogP contribution is -2.14. The second kappa shape index (κ2) is 9.88. The summed E-state index contributed by atoms with van der Waals surface area (Å²) in [6.45, 7) is 4.67. The number of carbonyl (C=O) groups excluding carboxylic acids is 1. The molecule has 1 amide bonds. The highest BCUT2D eigenvalue weighted by atomic mass is 16.5. The van der Waals surface area contributed by atoms with Crippen LogP contribution in [0.3, 0.4) is 0 Å². The Hall–Kier alpha value is -3.46. The molecule has 0 spiro atoms. The van der Waals surface area contributed by atoms with Crippen molar-refractivity contribution in [2.75, 3.05) is 25.6 Å². The van der Waals surface area contributed by atoms with Gasteiger partial charge in [0, 0.05) is 0 Å². The summed E-state index contributed by atoms with van der Waals surface area (Å²) < 4.78 is 16.3. The second-order valence-electron chi connectivity index (χ2n) is 5.40. The van der Waals surface area contributed by atoms with E-state index in [0.717, 1.165) is 0 Å². The number of methoxy groups -OCH3 is 1. The molecular formula is C21H22N2O4. The third-order valence-electron chi connectivity index (χ3n) is 3.60. The van der Waals surface area contributed by atoms with Crippen LogP contribution < -0.4 is 19.5 Å². The van der Waals surface area contributed by atoms with Gasteiger partial charge in [-0.25, -0.2) is 0 Å². The fraction of sp³-hybridized carbons (Fsp3) is 0.238. The topological polar surface area (TPSA) is 80.6 Å². The Morgan fingerprint density at radius 3 is 2.44 bits per heavy atom. The summed E-state index contributed by atoms with van der Waals surface area (Å²) >= 11 is 0. The molecule has 2 rings (SSSR count). The zero-order valence-electron chi connectivity index (χ0n) is 15.6. The van der Waals surface area contributed by atoms with Crippen LogP contribution in [0.4, 0.5) is 5.69 Å². The molecule has 2 aromatic rings. The van der Waals surface area contributed by atoms with E-state index < -0.39 is 5.91 Å². The number of hydrogen-bond donors (Lipinski definition) is 1. The highest BCUT2D eigenvalue weighted by molar-refractivity contribution is 6.10. The third-order valence-corrected chi connectivity index (χ3v) is 3.60. The van der Waals surface area contributed by atoms with Gasteiger partial charge in [-0.2, -0.15) is 5.26 Å². The normalized spacial score (nSPS) is 10.7. The van der Waals surface area contributed by atoms with E-state index in [0.29, 0.717) is 41.7 Å². The molecule has 0 aliphatic carbocycles. The number of ether oxygens (including phenoxy) is 3. The molecule has 0 aliphatic rings. The molecule has 0 fully saturated rings. The summed E-state index contributed by atoms with van der Waals surface area (Å²) in [4.78, 5) is 12.5. The number of nitrogens with zero attached hydrogens (tertiary/aromatic N) is 1. The summed E-state index contributed by atoms with van der Waals surface area (Å²) in [6, 6.07) is 14.2. The molecule has 140 valence electrons. The van der Waals surface area contributed by atoms with Gasteiger partial charge in [-0.1, -0.05) is 18.2 Å². The number of nitriles is 1. The molecule has 0 bridgehead atoms. The number of benzene rings is 2. The fourth-order valence-electron chi connectivity index (χ4n) is 2.41. The first kappa shape index (κ1) is 19.9. The highest BCUT2D eigenvalue weighted by Crippen LogP contribution is 2.29. The molecule has 0 saturated heterocycles. The number of amides is 1. The number of rotatable bonds is 8. The van der Waals surface area contributed by atoms with Crippen molar-refractivity contribution >= 4 is 17.7 Å². The maximum absolute atomic E-state index is 12.5. The Bertz CT molecular complexity index is 869. The van der Waals surface area contributed by atoms with E-state index in [1.54, 1.807) is 43.5 Å². The lowest BCUT2D eigenvalue weighted by atomic mass is 10.1. The predicted octanol–water partition coefficient (Wildman–Crippen LogP) is 4.04. The summed E-state index contributed by atoms with van der Waals surface area (Å²) in [6.07, 6.45) is 1.50. The van der Waals surface area contributed by atoms with Crippen molar-refractivity contribution in [2.45, 2.75) is 13.8 Å². The molecule has 27 heavy (non-hydrogen) atoms. The number of carbonyl (C=O) groups is 1. The van der Waals surface area contributed by atoms with Crippen molar-refractivity contribution in [1.29, 1.82) is 5.26 Å². The van der Waals surface area contributed by atoms with E-state index in [4.69, 9.17) is 14.2 Å². The number of nitrogens with one attached hydrogen (secondary N) is 1. The molecule has 2 aromatic carbocycles. The molecule has 0 atom stereocenters. The Morgan fingerprint density at radius 2 is 1.78 bits per heavy atom. The van der Waals surface area contributed by atoms with Crippen LogP contribution in [0.15, 0.2) is 48.0 Å². The van der Waals surface area contributed by atoms with Crippen LogP contribution >= 0.6 is 0 Å². The average molecular weight is 366 g/mol. The van der Waals surface area contributed by atoms with E-state index >= 15 is 0 Å². The van der Waals surface area contributed by atoms with Crippen molar-refractivity contribution in [1.82, 2.24) is 0 Å². The number of hydrogen-bond acceptors (Lipinski definition) is 5. The van der Waals surface area contributed by atoms with Gasteiger partial charge in [0.25, 0.3) is 5.91 Å². The first-order valence-corrected chi connectivity index (χ1v) is 8.58. The Morgan fingerprint density at radius 1 is 1.07 bits per heavy atom. The molecule has 0 saturated carbocycles. The zero-order chi connectivity index (χ0) is 19.6. The van der Waals surface area contributed by atoms with Crippen LogP contribution in [-0.4, -0.2) is 26.2 Å². The van der Waals surface area contributed by atoms with Gasteiger partial charge in [-0.3, -0.25) is 4.79 Å². The van der Waals surface area contributed by atoms with Crippen LogP contribution in [-0.2, 0) is 4.79 Å². The van der Waals surface area contributed by atoms with E-state index in [1.165, 1.54) is 6.08 Å². The van der Waals surface area contributed by atoms with Crippen molar-refractivity contribution in [3.63, 3.8) is 0 Å². The Labute approximate surface area is 159 Å². The van der Waals surface area contributed by atoms with Crippen LogP contribution in [0.25, 0.3) is 6.08 Å². The van der Waals surface area contributed by atoms with E-state index in [9.17, 15) is 10.1 Å². The average Bonchev–Trinajstić information content (AvgIpc) is 2.68. The Balaban J connectivity index is 2.27. The molecule has 6 heteroatoms. The van der Waals surface area contributed by atoms with Gasteiger partial charge in [-0.15, -0.1) is 0 Å². The Kier molecular flexibility index (Phi) is 7.26. The van der Waals surface area contributed by atoms with E-state index in [1.807, 2.05) is 26.0 Å². The van der Waals surface area contributed by atoms with Crippen molar-refractivity contribution in [2.24, 2.45) is 0 Å². The summed E-state index contributed by atoms with van der Waals surface area (Å²) in [5, 5.41) is 12.1. The minimum absolute atomic E-state index is 0.0334. The van der Waals surface area contributed by atoms with Crippen LogP contribution in [0.5, 0.6) is 17.2 Å². The SMILES string of the molecule is CCOc1ccccc1NC(=O)/C(C#N)=C/c1ccc(OC)c(OCC)c1. The summed E-state index contributed by atoms with van der Waals surface area (Å²) in [5.41, 5.74) is 1.13. The van der Waals surface area contributed by atoms with Gasteiger partial charge >= 0.3 is 0 Å². The van der Waals surface area contributed by atoms with Crippen LogP contribution in [0, 0.1) is 11.3 Å². The molecule has 1 N–H and O–H groups in total. The van der Waals surface area contributed by atoms with Crippen LogP contribution in [0.2, 0.25) is 0 Å². The number of anilines is 1. The first-order valence-electron chi connectivity index (χ1n) is 8.58. The molecule has 6 nitrogen and oxygen atoms in total. The predicted molar refractivity (Wildman–Crippen MR) is 104 cm³/mol. The third kappa shape index (κ3) is 5.25. The van der Waals surface area contributed by atoms with Gasteiger partial charge in [0.15, 0.2) is 11.5 Å². The van der Waals surface area contributed by atoms with Crippen LogP contribution in [0.1, 0.15) is 19.4 Å². The molecule has 0 radical (unpaired) electrons. The summed E-state index contributed by atoms with van der Waals surface area (Å²) in [7, 11) is 1.55. The monoisotopic (exact) mass is 366 g/mol. The van der Waals surface area contributed by atoms with Gasteiger partial charge in [0.1, 0.15) is 17.4 Å². The largest absolute Gasteiger partial charge is 0.493 e. The van der Waals surface area contributed by atoms with E-state index in [-0.39, 0.29) is 5.57 Å². The van der Waals surface area contributed by atoms with Gasteiger partial charge in [0.05, 0.1) is 26.0 Å². The molecule has 0 heterocycles. The van der Waals surface area contributed by atoms with Gasteiger partial charge in [-0.05, 0) is 49.8 Å². The maximum atomic E-state index is 12.5. The minimum Gasteiger partial charge on any atom is -0.493 e. The smallest absolute Gasteiger partial charge is 0.266 e. The quantitative estimate of drug-likeness (QED) is 0.563. The molecular weight excluding hydrogens is 344 g/mol. The summed E-state index contributed by atoms with van der Waals surface area (Å²) in [5.74, 6) is 1.17. The molecule has 0 aliphatic heterocycles. The van der Waals surface area contributed by atoms with Gasteiger partial charge in [0.2, 0.25) is 0 Å². The molecule has 0 unspecified atom stereocenters. The maximum Gasteiger partial charge on any atom is 0.266 e. The van der Waals surface area contributed by atoms with Gasteiger partial charge < -0.3 is 19.5 Å². The second-order valence-corrected chi connectivity index (χ2v) is 5.40. The lowest BCUT2D eigenvalue weighted by molar-refractivity contribution is -0.112. The number of para-hydroxylation sites is 2. The van der Waals surface area contributed by atoms with E-state index in [2.05, 4.69) is 5.32 Å². The van der Waals surface area contributed by atoms with Crippen molar-refractivity contribution in [3.8, 4) is 23.3 Å². The fourth-order valence-corrected chi connectivity index (χ4v) is 2.41. The standard InChI is InChI=1S/C21H22N2O4/c1-4-26-18-9-7-6-8-17(18)23-21(24)16(14-22)12-15-10-11-19(25-3)20(13-15)27-5-2/h6-13H,4-5H2,1-3H3,(H,23,24)/b16-12+. The van der Waals surface area contributed by atoms with Crippen molar-refractivity contribution < 1.29 is 19.0 Å².